The second kappa shape index (κ2) is 8.31. The number of halogens is 1. The zero-order valence-electron chi connectivity index (χ0n) is 14.7. The van der Waals surface area contributed by atoms with Crippen LogP contribution in [0.2, 0.25) is 5.02 Å². The molecule has 1 N–H and O–H groups in total. The zero-order chi connectivity index (χ0) is 17.7. The zero-order valence-corrected chi connectivity index (χ0v) is 15.4. The molecule has 5 nitrogen and oxygen atoms in total. The van der Waals surface area contributed by atoms with Gasteiger partial charge in [0.1, 0.15) is 6.04 Å². The molecule has 2 aromatic rings. The predicted molar refractivity (Wildman–Crippen MR) is 97.2 cm³/mol. The average Bonchev–Trinajstić information content (AvgIpc) is 2.97. The standard InChI is InChI=1S/C18H25ClN4O/c1-13-9-11-20-23(13)14(2)18(24)21-17(10-12-22(3)4)15-5-7-16(19)8-6-15/h5-9,11,14,17H,10,12H2,1-4H3,(H,21,24). The van der Waals surface area contributed by atoms with Crippen molar-refractivity contribution in [2.24, 2.45) is 0 Å². The van der Waals surface area contributed by atoms with Crippen molar-refractivity contribution in [3.05, 3.63) is 52.8 Å². The molecule has 1 aromatic heterocycles. The van der Waals surface area contributed by atoms with E-state index in [0.29, 0.717) is 5.02 Å². The van der Waals surface area contributed by atoms with Crippen molar-refractivity contribution in [3.8, 4) is 0 Å². The van der Waals surface area contributed by atoms with E-state index in [1.807, 2.05) is 58.3 Å². The molecule has 1 heterocycles. The Labute approximate surface area is 148 Å². The topological polar surface area (TPSA) is 50.2 Å². The van der Waals surface area contributed by atoms with Crippen LogP contribution < -0.4 is 5.32 Å². The molecule has 2 atom stereocenters. The summed E-state index contributed by atoms with van der Waals surface area (Å²) in [6, 6.07) is 9.12. The Hall–Kier alpha value is -1.85. The molecule has 0 aliphatic carbocycles. The second-order valence-electron chi connectivity index (χ2n) is 6.30. The van der Waals surface area contributed by atoms with Gasteiger partial charge < -0.3 is 10.2 Å². The van der Waals surface area contributed by atoms with E-state index in [1.54, 1.807) is 10.9 Å². The lowest BCUT2D eigenvalue weighted by atomic mass is 10.0. The molecule has 0 spiro atoms. The number of aryl methyl sites for hydroxylation is 1. The van der Waals surface area contributed by atoms with E-state index in [-0.39, 0.29) is 18.0 Å². The van der Waals surface area contributed by atoms with Crippen LogP contribution in [-0.4, -0.2) is 41.2 Å². The summed E-state index contributed by atoms with van der Waals surface area (Å²) in [5.41, 5.74) is 2.02. The fraction of sp³-hybridized carbons (Fsp3) is 0.444. The smallest absolute Gasteiger partial charge is 0.245 e. The number of aromatic nitrogens is 2. The van der Waals surface area contributed by atoms with Gasteiger partial charge in [-0.25, -0.2) is 0 Å². The highest BCUT2D eigenvalue weighted by Gasteiger charge is 2.21. The van der Waals surface area contributed by atoms with Crippen molar-refractivity contribution in [3.63, 3.8) is 0 Å². The molecule has 2 unspecified atom stereocenters. The third-order valence-electron chi connectivity index (χ3n) is 4.07. The molecule has 0 aliphatic heterocycles. The first kappa shape index (κ1) is 18.5. The van der Waals surface area contributed by atoms with Crippen molar-refractivity contribution in [2.45, 2.75) is 32.4 Å². The minimum Gasteiger partial charge on any atom is -0.347 e. The van der Waals surface area contributed by atoms with Gasteiger partial charge in [-0.05, 0) is 64.7 Å². The molecule has 0 saturated carbocycles. The van der Waals surface area contributed by atoms with Gasteiger partial charge in [-0.3, -0.25) is 9.48 Å². The fourth-order valence-corrected chi connectivity index (χ4v) is 2.72. The first-order valence-electron chi connectivity index (χ1n) is 8.09. The van der Waals surface area contributed by atoms with Gasteiger partial charge in [0.2, 0.25) is 5.91 Å². The summed E-state index contributed by atoms with van der Waals surface area (Å²) in [7, 11) is 4.05. The lowest BCUT2D eigenvalue weighted by Crippen LogP contribution is -2.36. The molecule has 1 amide bonds. The van der Waals surface area contributed by atoms with Gasteiger partial charge in [-0.15, -0.1) is 0 Å². The monoisotopic (exact) mass is 348 g/mol. The number of nitrogens with one attached hydrogen (secondary N) is 1. The van der Waals surface area contributed by atoms with E-state index in [2.05, 4.69) is 15.3 Å². The predicted octanol–water partition coefficient (Wildman–Crippen LogP) is 3.22. The summed E-state index contributed by atoms with van der Waals surface area (Å²) in [4.78, 5) is 14.8. The summed E-state index contributed by atoms with van der Waals surface area (Å²) < 4.78 is 1.74. The third kappa shape index (κ3) is 4.82. The maximum atomic E-state index is 12.7. The molecule has 0 bridgehead atoms. The Morgan fingerprint density at radius 1 is 1.29 bits per heavy atom. The Balaban J connectivity index is 2.13. The van der Waals surface area contributed by atoms with Crippen LogP contribution >= 0.6 is 11.6 Å². The van der Waals surface area contributed by atoms with Gasteiger partial charge in [-0.1, -0.05) is 23.7 Å². The minimum absolute atomic E-state index is 0.0412. The van der Waals surface area contributed by atoms with Crippen LogP contribution in [0.4, 0.5) is 0 Å². The van der Waals surface area contributed by atoms with Crippen molar-refractivity contribution in [1.82, 2.24) is 20.0 Å². The summed E-state index contributed by atoms with van der Waals surface area (Å²) in [6.07, 6.45) is 2.53. The Kier molecular flexibility index (Phi) is 6.40. The molecule has 1 aromatic carbocycles. The largest absolute Gasteiger partial charge is 0.347 e. The van der Waals surface area contributed by atoms with Crippen LogP contribution in [0.15, 0.2) is 36.5 Å². The van der Waals surface area contributed by atoms with Crippen molar-refractivity contribution >= 4 is 17.5 Å². The lowest BCUT2D eigenvalue weighted by Gasteiger charge is -2.23. The summed E-state index contributed by atoms with van der Waals surface area (Å²) in [6.45, 7) is 4.68. The lowest BCUT2D eigenvalue weighted by molar-refractivity contribution is -0.125. The van der Waals surface area contributed by atoms with Gasteiger partial charge in [0.05, 0.1) is 6.04 Å². The van der Waals surface area contributed by atoms with E-state index in [1.165, 1.54) is 0 Å². The molecule has 0 radical (unpaired) electrons. The highest BCUT2D eigenvalue weighted by molar-refractivity contribution is 6.30. The number of hydrogen-bond donors (Lipinski definition) is 1. The molecule has 130 valence electrons. The normalized spacial score (nSPS) is 13.8. The summed E-state index contributed by atoms with van der Waals surface area (Å²) in [5, 5.41) is 8.08. The molecule has 0 aliphatic rings. The summed E-state index contributed by atoms with van der Waals surface area (Å²) >= 11 is 5.98. The molecule has 0 fully saturated rings. The molecular weight excluding hydrogens is 324 g/mol. The van der Waals surface area contributed by atoms with Gasteiger partial charge in [0.15, 0.2) is 0 Å². The minimum atomic E-state index is -0.353. The van der Waals surface area contributed by atoms with Crippen molar-refractivity contribution in [1.29, 1.82) is 0 Å². The highest BCUT2D eigenvalue weighted by atomic mass is 35.5. The number of nitrogens with zero attached hydrogens (tertiary/aromatic N) is 3. The number of carbonyl (C=O) groups excluding carboxylic acids is 1. The molecule has 6 heteroatoms. The van der Waals surface area contributed by atoms with Crippen molar-refractivity contribution in [2.75, 3.05) is 20.6 Å². The van der Waals surface area contributed by atoms with E-state index >= 15 is 0 Å². The summed E-state index contributed by atoms with van der Waals surface area (Å²) in [5.74, 6) is -0.0412. The molecule has 2 rings (SSSR count). The first-order valence-corrected chi connectivity index (χ1v) is 8.47. The number of carbonyl (C=O) groups is 1. The van der Waals surface area contributed by atoms with Crippen LogP contribution in [0.3, 0.4) is 0 Å². The Morgan fingerprint density at radius 3 is 2.50 bits per heavy atom. The number of benzene rings is 1. The Morgan fingerprint density at radius 2 is 1.96 bits per heavy atom. The van der Waals surface area contributed by atoms with E-state index in [9.17, 15) is 4.79 Å². The van der Waals surface area contributed by atoms with Crippen LogP contribution in [0, 0.1) is 6.92 Å². The number of rotatable bonds is 7. The quantitative estimate of drug-likeness (QED) is 0.835. The fourth-order valence-electron chi connectivity index (χ4n) is 2.59. The molecular formula is C18H25ClN4O. The van der Waals surface area contributed by atoms with Crippen LogP contribution in [-0.2, 0) is 4.79 Å². The third-order valence-corrected chi connectivity index (χ3v) is 4.32. The van der Waals surface area contributed by atoms with Gasteiger partial charge in [0.25, 0.3) is 0 Å². The van der Waals surface area contributed by atoms with Crippen molar-refractivity contribution < 1.29 is 4.79 Å². The number of hydrogen-bond acceptors (Lipinski definition) is 3. The maximum Gasteiger partial charge on any atom is 0.245 e. The maximum absolute atomic E-state index is 12.7. The van der Waals surface area contributed by atoms with E-state index in [0.717, 1.165) is 24.2 Å². The number of amides is 1. The van der Waals surface area contributed by atoms with Gasteiger partial charge in [0, 0.05) is 16.9 Å². The van der Waals surface area contributed by atoms with E-state index in [4.69, 9.17) is 11.6 Å². The van der Waals surface area contributed by atoms with Crippen LogP contribution in [0.25, 0.3) is 0 Å². The second-order valence-corrected chi connectivity index (χ2v) is 6.73. The Bertz CT molecular complexity index is 666. The van der Waals surface area contributed by atoms with E-state index < -0.39 is 0 Å². The first-order chi connectivity index (χ1) is 11.4. The highest BCUT2D eigenvalue weighted by Crippen LogP contribution is 2.21. The van der Waals surface area contributed by atoms with Gasteiger partial charge in [-0.2, -0.15) is 5.10 Å². The molecule has 24 heavy (non-hydrogen) atoms. The average molecular weight is 349 g/mol. The van der Waals surface area contributed by atoms with Gasteiger partial charge >= 0.3 is 0 Å². The molecule has 0 saturated heterocycles. The van der Waals surface area contributed by atoms with Crippen LogP contribution in [0.5, 0.6) is 0 Å². The SMILES string of the molecule is Cc1ccnn1C(C)C(=O)NC(CCN(C)C)c1ccc(Cl)cc1. The van der Waals surface area contributed by atoms with Crippen LogP contribution in [0.1, 0.15) is 36.7 Å².